The SMILES string of the molecule is COc1ccc(C2Cn3nc(N)nc3CC2C(=O)O)cc1. The topological polar surface area (TPSA) is 103 Å². The summed E-state index contributed by atoms with van der Waals surface area (Å²) in [4.78, 5) is 15.7. The van der Waals surface area contributed by atoms with Gasteiger partial charge in [0.25, 0.3) is 0 Å². The Kier molecular flexibility index (Phi) is 3.25. The van der Waals surface area contributed by atoms with Gasteiger partial charge in [0.1, 0.15) is 11.6 Å². The Labute approximate surface area is 121 Å². The van der Waals surface area contributed by atoms with E-state index in [2.05, 4.69) is 10.1 Å². The van der Waals surface area contributed by atoms with Gasteiger partial charge in [0.2, 0.25) is 5.95 Å². The van der Waals surface area contributed by atoms with Gasteiger partial charge in [-0.05, 0) is 17.7 Å². The van der Waals surface area contributed by atoms with E-state index in [0.29, 0.717) is 18.8 Å². The summed E-state index contributed by atoms with van der Waals surface area (Å²) >= 11 is 0. The number of nitrogen functional groups attached to an aromatic ring is 1. The summed E-state index contributed by atoms with van der Waals surface area (Å²) in [6, 6.07) is 7.45. The van der Waals surface area contributed by atoms with E-state index in [0.717, 1.165) is 11.3 Å². The van der Waals surface area contributed by atoms with E-state index in [1.807, 2.05) is 24.3 Å². The first-order valence-electron chi connectivity index (χ1n) is 6.64. The van der Waals surface area contributed by atoms with Crippen molar-refractivity contribution in [1.29, 1.82) is 0 Å². The Morgan fingerprint density at radius 3 is 2.76 bits per heavy atom. The zero-order chi connectivity index (χ0) is 15.0. The summed E-state index contributed by atoms with van der Waals surface area (Å²) in [5.41, 5.74) is 6.54. The maximum absolute atomic E-state index is 11.6. The number of aliphatic carboxylic acids is 1. The molecule has 0 spiro atoms. The largest absolute Gasteiger partial charge is 0.497 e. The molecule has 3 rings (SSSR count). The van der Waals surface area contributed by atoms with Crippen LogP contribution in [0.25, 0.3) is 0 Å². The van der Waals surface area contributed by atoms with Crippen LogP contribution in [0.1, 0.15) is 17.3 Å². The third kappa shape index (κ3) is 2.42. The summed E-state index contributed by atoms with van der Waals surface area (Å²) in [7, 11) is 1.60. The van der Waals surface area contributed by atoms with E-state index < -0.39 is 11.9 Å². The first kappa shape index (κ1) is 13.4. The van der Waals surface area contributed by atoms with Gasteiger partial charge in [0, 0.05) is 12.3 Å². The number of ether oxygens (including phenoxy) is 1. The number of nitrogens with two attached hydrogens (primary N) is 1. The lowest BCUT2D eigenvalue weighted by Gasteiger charge is -2.29. The lowest BCUT2D eigenvalue weighted by atomic mass is 9.81. The van der Waals surface area contributed by atoms with Gasteiger partial charge in [0.15, 0.2) is 0 Å². The molecule has 3 N–H and O–H groups in total. The zero-order valence-electron chi connectivity index (χ0n) is 11.6. The van der Waals surface area contributed by atoms with Crippen LogP contribution >= 0.6 is 0 Å². The van der Waals surface area contributed by atoms with E-state index in [9.17, 15) is 9.90 Å². The molecule has 0 fully saturated rings. The molecular weight excluding hydrogens is 272 g/mol. The van der Waals surface area contributed by atoms with E-state index in [-0.39, 0.29) is 11.9 Å². The van der Waals surface area contributed by atoms with Crippen LogP contribution in [0.15, 0.2) is 24.3 Å². The minimum absolute atomic E-state index is 0.165. The first-order chi connectivity index (χ1) is 10.1. The predicted octanol–water partition coefficient (Wildman–Crippen LogP) is 0.910. The maximum Gasteiger partial charge on any atom is 0.307 e. The molecule has 1 aromatic carbocycles. The van der Waals surface area contributed by atoms with Crippen molar-refractivity contribution in [3.8, 4) is 5.75 Å². The normalized spacial score (nSPS) is 20.8. The van der Waals surface area contributed by atoms with Crippen LogP contribution in [0, 0.1) is 5.92 Å². The van der Waals surface area contributed by atoms with Crippen molar-refractivity contribution in [3.63, 3.8) is 0 Å². The fourth-order valence-electron chi connectivity index (χ4n) is 2.79. The predicted molar refractivity (Wildman–Crippen MR) is 75.0 cm³/mol. The molecule has 2 unspecified atom stereocenters. The molecule has 1 aliphatic rings. The lowest BCUT2D eigenvalue weighted by Crippen LogP contribution is -2.33. The Morgan fingerprint density at radius 1 is 1.43 bits per heavy atom. The minimum Gasteiger partial charge on any atom is -0.497 e. The van der Waals surface area contributed by atoms with Gasteiger partial charge in [-0.25, -0.2) is 4.68 Å². The van der Waals surface area contributed by atoms with Gasteiger partial charge in [-0.15, -0.1) is 5.10 Å². The highest BCUT2D eigenvalue weighted by molar-refractivity contribution is 5.72. The number of rotatable bonds is 3. The average molecular weight is 288 g/mol. The molecule has 2 heterocycles. The van der Waals surface area contributed by atoms with Crippen LogP contribution < -0.4 is 10.5 Å². The van der Waals surface area contributed by atoms with Crippen molar-refractivity contribution in [2.75, 3.05) is 12.8 Å². The molecule has 0 amide bonds. The second-order valence-electron chi connectivity index (χ2n) is 5.10. The molecule has 1 aliphatic heterocycles. The zero-order valence-corrected chi connectivity index (χ0v) is 11.6. The average Bonchev–Trinajstić information content (AvgIpc) is 2.85. The van der Waals surface area contributed by atoms with Crippen molar-refractivity contribution in [1.82, 2.24) is 14.8 Å². The van der Waals surface area contributed by atoms with Crippen molar-refractivity contribution in [2.45, 2.75) is 18.9 Å². The third-order valence-corrected chi connectivity index (χ3v) is 3.88. The van der Waals surface area contributed by atoms with E-state index in [1.165, 1.54) is 0 Å². The monoisotopic (exact) mass is 288 g/mol. The third-order valence-electron chi connectivity index (χ3n) is 3.88. The van der Waals surface area contributed by atoms with Gasteiger partial charge in [-0.3, -0.25) is 4.79 Å². The number of methoxy groups -OCH3 is 1. The fraction of sp³-hybridized carbons (Fsp3) is 0.357. The van der Waals surface area contributed by atoms with Crippen molar-refractivity contribution >= 4 is 11.9 Å². The summed E-state index contributed by atoms with van der Waals surface area (Å²) in [6.45, 7) is 0.461. The molecule has 0 saturated carbocycles. The van der Waals surface area contributed by atoms with Crippen molar-refractivity contribution in [3.05, 3.63) is 35.7 Å². The number of aromatic nitrogens is 3. The van der Waals surface area contributed by atoms with Crippen LogP contribution in [-0.4, -0.2) is 33.0 Å². The van der Waals surface area contributed by atoms with Crippen LogP contribution in [0.3, 0.4) is 0 Å². The van der Waals surface area contributed by atoms with Crippen LogP contribution in [-0.2, 0) is 17.8 Å². The molecule has 21 heavy (non-hydrogen) atoms. The first-order valence-corrected chi connectivity index (χ1v) is 6.64. The molecular formula is C14H16N4O3. The number of hydrogen-bond donors (Lipinski definition) is 2. The lowest BCUT2D eigenvalue weighted by molar-refractivity contribution is -0.143. The second-order valence-corrected chi connectivity index (χ2v) is 5.10. The Hall–Kier alpha value is -2.57. The number of hydrogen-bond acceptors (Lipinski definition) is 5. The van der Waals surface area contributed by atoms with Gasteiger partial charge in [0.05, 0.1) is 19.6 Å². The fourth-order valence-corrected chi connectivity index (χ4v) is 2.79. The molecule has 7 heteroatoms. The van der Waals surface area contributed by atoms with Crippen LogP contribution in [0.5, 0.6) is 5.75 Å². The minimum atomic E-state index is -0.830. The highest BCUT2D eigenvalue weighted by Crippen LogP contribution is 2.34. The molecule has 2 atom stereocenters. The van der Waals surface area contributed by atoms with E-state index >= 15 is 0 Å². The molecule has 0 bridgehead atoms. The van der Waals surface area contributed by atoms with E-state index in [4.69, 9.17) is 10.5 Å². The van der Waals surface area contributed by atoms with Gasteiger partial charge >= 0.3 is 5.97 Å². The van der Waals surface area contributed by atoms with Gasteiger partial charge in [-0.2, -0.15) is 4.98 Å². The number of carboxylic acid groups (broad SMARTS) is 1. The van der Waals surface area contributed by atoms with Crippen LogP contribution in [0.4, 0.5) is 5.95 Å². The maximum atomic E-state index is 11.6. The van der Waals surface area contributed by atoms with Crippen molar-refractivity contribution in [2.24, 2.45) is 5.92 Å². The molecule has 2 aromatic rings. The van der Waals surface area contributed by atoms with Crippen LogP contribution in [0.2, 0.25) is 0 Å². The number of nitrogens with zero attached hydrogens (tertiary/aromatic N) is 3. The van der Waals surface area contributed by atoms with E-state index in [1.54, 1.807) is 11.8 Å². The summed E-state index contributed by atoms with van der Waals surface area (Å²) in [6.07, 6.45) is 0.330. The molecule has 0 radical (unpaired) electrons. The molecule has 0 saturated heterocycles. The quantitative estimate of drug-likeness (QED) is 0.870. The Balaban J connectivity index is 1.96. The number of fused-ring (bicyclic) bond motifs is 1. The Morgan fingerprint density at radius 2 is 2.14 bits per heavy atom. The van der Waals surface area contributed by atoms with Gasteiger partial charge in [-0.1, -0.05) is 12.1 Å². The highest BCUT2D eigenvalue weighted by atomic mass is 16.5. The second kappa shape index (κ2) is 5.08. The Bertz CT molecular complexity index is 665. The molecule has 1 aromatic heterocycles. The highest BCUT2D eigenvalue weighted by Gasteiger charge is 2.36. The summed E-state index contributed by atoms with van der Waals surface area (Å²) in [5, 5.41) is 13.6. The van der Waals surface area contributed by atoms with Crippen molar-refractivity contribution < 1.29 is 14.6 Å². The summed E-state index contributed by atoms with van der Waals surface area (Å²) in [5.74, 6) is 0.0291. The molecule has 0 aliphatic carbocycles. The number of carbonyl (C=O) groups is 1. The smallest absolute Gasteiger partial charge is 0.307 e. The number of benzene rings is 1. The standard InChI is InChI=1S/C14H16N4O3/c1-21-9-4-2-8(3-5-9)11-7-18-12(16-14(15)17-18)6-10(11)13(19)20/h2-5,10-11H,6-7H2,1H3,(H2,15,17)(H,19,20). The van der Waals surface area contributed by atoms with Gasteiger partial charge < -0.3 is 15.6 Å². The molecule has 7 nitrogen and oxygen atoms in total. The number of carboxylic acids is 1. The molecule has 110 valence electrons. The summed E-state index contributed by atoms with van der Waals surface area (Å²) < 4.78 is 6.83. The number of anilines is 1.